The average molecular weight is 465 g/mol. The summed E-state index contributed by atoms with van der Waals surface area (Å²) < 4.78 is 5.73. The van der Waals surface area contributed by atoms with E-state index in [2.05, 4.69) is 20.8 Å². The Hall–Kier alpha value is -3.12. The van der Waals surface area contributed by atoms with Crippen LogP contribution in [0.15, 0.2) is 54.1 Å². The van der Waals surface area contributed by atoms with Crippen LogP contribution in [0.5, 0.6) is 5.75 Å². The number of Topliss-reactive ketones (excluding diaryl/α,β-unsaturated/α-hetero) is 1. The number of aliphatic hydroxyl groups is 1. The van der Waals surface area contributed by atoms with Crippen LogP contribution in [0, 0.1) is 5.92 Å². The highest BCUT2D eigenvalue weighted by molar-refractivity contribution is 6.46. The molecule has 0 aromatic heterocycles. The van der Waals surface area contributed by atoms with Crippen LogP contribution in [0.4, 0.5) is 0 Å². The van der Waals surface area contributed by atoms with Crippen molar-refractivity contribution in [3.8, 4) is 5.75 Å². The number of carbonyl (C=O) groups excluding carboxylic acids is 2. The number of hydrogen-bond donors (Lipinski definition) is 1. The fourth-order valence-corrected chi connectivity index (χ4v) is 4.08. The number of amides is 1. The lowest BCUT2D eigenvalue weighted by Crippen LogP contribution is -2.32. The van der Waals surface area contributed by atoms with Gasteiger partial charge in [0.15, 0.2) is 0 Å². The van der Waals surface area contributed by atoms with E-state index < -0.39 is 17.7 Å². The molecule has 1 saturated heterocycles. The van der Waals surface area contributed by atoms with Crippen LogP contribution in [0.1, 0.15) is 49.9 Å². The van der Waals surface area contributed by atoms with Gasteiger partial charge < -0.3 is 19.6 Å². The number of likely N-dealkylation sites (tertiary alicyclic amines) is 1. The van der Waals surface area contributed by atoms with Crippen molar-refractivity contribution in [2.75, 3.05) is 33.8 Å². The van der Waals surface area contributed by atoms with Crippen molar-refractivity contribution in [1.82, 2.24) is 9.80 Å². The van der Waals surface area contributed by atoms with E-state index in [9.17, 15) is 14.7 Å². The van der Waals surface area contributed by atoms with Crippen LogP contribution in [-0.4, -0.2) is 60.4 Å². The molecule has 1 aliphatic rings. The predicted octanol–water partition coefficient (Wildman–Crippen LogP) is 4.66. The molecule has 0 spiro atoms. The molecule has 182 valence electrons. The first kappa shape index (κ1) is 25.5. The summed E-state index contributed by atoms with van der Waals surface area (Å²) in [5.41, 5.74) is 2.61. The lowest BCUT2D eigenvalue weighted by atomic mass is 9.94. The number of hydrogen-bond acceptors (Lipinski definition) is 5. The summed E-state index contributed by atoms with van der Waals surface area (Å²) in [5.74, 6) is -0.279. The smallest absolute Gasteiger partial charge is 0.295 e. The SMILES string of the molecule is CCc1ccc([C@H]2C(=C(O)c3ccc(OCC(C)C)cc3)C(=O)C(=O)N2CCCN(C)C)cc1. The highest BCUT2D eigenvalue weighted by Gasteiger charge is 2.45. The van der Waals surface area contributed by atoms with Crippen molar-refractivity contribution in [3.05, 3.63) is 70.8 Å². The minimum absolute atomic E-state index is 0.134. The molecular formula is C28H36N2O4. The summed E-state index contributed by atoms with van der Waals surface area (Å²) in [6, 6.07) is 14.3. The van der Waals surface area contributed by atoms with Crippen LogP contribution in [0.2, 0.25) is 0 Å². The minimum Gasteiger partial charge on any atom is -0.507 e. The number of ether oxygens (including phenoxy) is 1. The van der Waals surface area contributed by atoms with Crippen molar-refractivity contribution in [1.29, 1.82) is 0 Å². The van der Waals surface area contributed by atoms with Gasteiger partial charge in [0.05, 0.1) is 18.2 Å². The van der Waals surface area contributed by atoms with Crippen LogP contribution >= 0.6 is 0 Å². The highest BCUT2D eigenvalue weighted by Crippen LogP contribution is 2.39. The fraction of sp³-hybridized carbons (Fsp3) is 0.429. The quantitative estimate of drug-likeness (QED) is 0.315. The summed E-state index contributed by atoms with van der Waals surface area (Å²) in [6.45, 7) is 8.05. The Labute approximate surface area is 202 Å². The summed E-state index contributed by atoms with van der Waals surface area (Å²) in [6.07, 6.45) is 1.63. The van der Waals surface area contributed by atoms with Crippen molar-refractivity contribution < 1.29 is 19.4 Å². The minimum atomic E-state index is -0.646. The molecule has 2 aromatic carbocycles. The van der Waals surface area contributed by atoms with E-state index in [-0.39, 0.29) is 11.3 Å². The summed E-state index contributed by atoms with van der Waals surface area (Å²) >= 11 is 0. The molecule has 1 heterocycles. The molecule has 1 atom stereocenters. The van der Waals surface area contributed by atoms with E-state index in [1.54, 1.807) is 29.2 Å². The number of nitrogens with zero attached hydrogens (tertiary/aromatic N) is 2. The molecule has 34 heavy (non-hydrogen) atoms. The van der Waals surface area contributed by atoms with E-state index in [0.29, 0.717) is 30.4 Å². The molecule has 0 unspecified atom stereocenters. The molecule has 1 N–H and O–H groups in total. The lowest BCUT2D eigenvalue weighted by molar-refractivity contribution is -0.139. The maximum atomic E-state index is 13.1. The molecule has 1 fully saturated rings. The standard InChI is InChI=1S/C28H36N2O4/c1-6-20-8-10-21(11-9-20)25-24(27(32)28(33)30(25)17-7-16-29(4)5)26(31)22-12-14-23(15-13-22)34-18-19(2)3/h8-15,19,25,31H,6-7,16-18H2,1-5H3/t25-/m0/s1. The van der Waals surface area contributed by atoms with Crippen LogP contribution in [0.25, 0.3) is 5.76 Å². The maximum Gasteiger partial charge on any atom is 0.295 e. The number of rotatable bonds is 10. The van der Waals surface area contributed by atoms with Gasteiger partial charge in [0.2, 0.25) is 0 Å². The average Bonchev–Trinajstić information content (AvgIpc) is 3.07. The van der Waals surface area contributed by atoms with E-state index in [1.165, 1.54) is 5.56 Å². The van der Waals surface area contributed by atoms with Gasteiger partial charge in [-0.1, -0.05) is 45.0 Å². The topological polar surface area (TPSA) is 70.1 Å². The van der Waals surface area contributed by atoms with Gasteiger partial charge in [-0.3, -0.25) is 9.59 Å². The second-order valence-corrected chi connectivity index (χ2v) is 9.47. The molecular weight excluding hydrogens is 428 g/mol. The van der Waals surface area contributed by atoms with E-state index in [0.717, 1.165) is 24.9 Å². The zero-order chi connectivity index (χ0) is 24.8. The number of carbonyl (C=O) groups is 2. The largest absolute Gasteiger partial charge is 0.507 e. The molecule has 1 amide bonds. The third kappa shape index (κ3) is 5.86. The second-order valence-electron chi connectivity index (χ2n) is 9.47. The Bertz CT molecular complexity index is 1020. The van der Waals surface area contributed by atoms with Gasteiger partial charge in [0, 0.05) is 12.1 Å². The van der Waals surface area contributed by atoms with Crippen molar-refractivity contribution in [2.24, 2.45) is 5.92 Å². The van der Waals surface area contributed by atoms with Crippen molar-refractivity contribution in [3.63, 3.8) is 0 Å². The zero-order valence-corrected chi connectivity index (χ0v) is 20.9. The lowest BCUT2D eigenvalue weighted by Gasteiger charge is -2.26. The number of aliphatic hydroxyl groups excluding tert-OH is 1. The first-order valence-electron chi connectivity index (χ1n) is 12.0. The van der Waals surface area contributed by atoms with Crippen LogP contribution < -0.4 is 4.74 Å². The van der Waals surface area contributed by atoms with Gasteiger partial charge in [0.25, 0.3) is 11.7 Å². The molecule has 6 heteroatoms. The molecule has 0 aliphatic carbocycles. The Kier molecular flexibility index (Phi) is 8.51. The molecule has 6 nitrogen and oxygen atoms in total. The Morgan fingerprint density at radius 3 is 2.26 bits per heavy atom. The van der Waals surface area contributed by atoms with Gasteiger partial charge in [-0.15, -0.1) is 0 Å². The molecule has 2 aromatic rings. The maximum absolute atomic E-state index is 13.1. The molecule has 0 saturated carbocycles. The van der Waals surface area contributed by atoms with Gasteiger partial charge >= 0.3 is 0 Å². The van der Waals surface area contributed by atoms with Crippen LogP contribution in [-0.2, 0) is 16.0 Å². The van der Waals surface area contributed by atoms with E-state index in [1.807, 2.05) is 43.3 Å². The second kappa shape index (κ2) is 11.3. The normalized spacial score (nSPS) is 17.7. The molecule has 0 bridgehead atoms. The third-order valence-electron chi connectivity index (χ3n) is 5.96. The predicted molar refractivity (Wildman–Crippen MR) is 135 cm³/mol. The first-order chi connectivity index (χ1) is 16.2. The number of ketones is 1. The molecule has 3 rings (SSSR count). The fourth-order valence-electron chi connectivity index (χ4n) is 4.08. The summed E-state index contributed by atoms with van der Waals surface area (Å²) in [5, 5.41) is 11.2. The molecule has 1 aliphatic heterocycles. The van der Waals surface area contributed by atoms with E-state index >= 15 is 0 Å². The first-order valence-corrected chi connectivity index (χ1v) is 12.0. The van der Waals surface area contributed by atoms with Gasteiger partial charge in [-0.05, 0) is 74.8 Å². The van der Waals surface area contributed by atoms with Gasteiger partial charge in [0.1, 0.15) is 11.5 Å². The Morgan fingerprint density at radius 2 is 1.71 bits per heavy atom. The monoisotopic (exact) mass is 464 g/mol. The van der Waals surface area contributed by atoms with E-state index in [4.69, 9.17) is 4.74 Å². The van der Waals surface area contributed by atoms with Crippen molar-refractivity contribution >= 4 is 17.4 Å². The van der Waals surface area contributed by atoms with Gasteiger partial charge in [-0.25, -0.2) is 0 Å². The van der Waals surface area contributed by atoms with Crippen LogP contribution in [0.3, 0.4) is 0 Å². The van der Waals surface area contributed by atoms with Gasteiger partial charge in [-0.2, -0.15) is 0 Å². The highest BCUT2D eigenvalue weighted by atomic mass is 16.5. The Morgan fingerprint density at radius 1 is 1.06 bits per heavy atom. The summed E-state index contributed by atoms with van der Waals surface area (Å²) in [4.78, 5) is 29.8. The number of aryl methyl sites for hydroxylation is 1. The number of benzene rings is 2. The summed E-state index contributed by atoms with van der Waals surface area (Å²) in [7, 11) is 3.95. The molecule has 0 radical (unpaired) electrons. The zero-order valence-electron chi connectivity index (χ0n) is 20.9. The van der Waals surface area contributed by atoms with Crippen molar-refractivity contribution in [2.45, 2.75) is 39.7 Å². The third-order valence-corrected chi connectivity index (χ3v) is 5.96. The Balaban J connectivity index is 1.99.